The van der Waals surface area contributed by atoms with Gasteiger partial charge in [0.05, 0.1) is 6.61 Å². The lowest BCUT2D eigenvalue weighted by Crippen LogP contribution is -2.00. The van der Waals surface area contributed by atoms with Crippen LogP contribution in [0.3, 0.4) is 0 Å². The van der Waals surface area contributed by atoms with Crippen molar-refractivity contribution in [1.82, 2.24) is 0 Å². The fourth-order valence-electron chi connectivity index (χ4n) is 3.10. The zero-order valence-corrected chi connectivity index (χ0v) is 16.2. The van der Waals surface area contributed by atoms with Crippen molar-refractivity contribution in [2.45, 2.75) is 117 Å². The second-order valence-corrected chi connectivity index (χ2v) is 7.27. The van der Waals surface area contributed by atoms with Gasteiger partial charge in [-0.1, -0.05) is 104 Å². The Bertz CT molecular complexity index is 250. The third-order valence-electron chi connectivity index (χ3n) is 4.70. The molecule has 0 bridgehead atoms. The number of ether oxygens (including phenoxy) is 1. The van der Waals surface area contributed by atoms with E-state index < -0.39 is 0 Å². The SMILES string of the molecule is CCCCC(C)CCCCCCCCCCCCCOC(C)=O. The Balaban J connectivity index is 3.06. The van der Waals surface area contributed by atoms with Gasteiger partial charge in [-0.05, 0) is 12.3 Å². The number of unbranched alkanes of at least 4 members (excludes halogenated alkanes) is 11. The number of carbonyl (C=O) groups is 1. The zero-order chi connectivity index (χ0) is 17.2. The van der Waals surface area contributed by atoms with Crippen LogP contribution in [0.4, 0.5) is 0 Å². The van der Waals surface area contributed by atoms with Crippen LogP contribution in [0, 0.1) is 5.92 Å². The molecule has 0 saturated carbocycles. The number of carbonyl (C=O) groups excluding carboxylic acids is 1. The topological polar surface area (TPSA) is 26.3 Å². The molecule has 0 amide bonds. The van der Waals surface area contributed by atoms with Gasteiger partial charge in [0.15, 0.2) is 0 Å². The van der Waals surface area contributed by atoms with Crippen molar-refractivity contribution in [1.29, 1.82) is 0 Å². The predicted molar refractivity (Wildman–Crippen MR) is 101 cm³/mol. The molecule has 138 valence electrons. The van der Waals surface area contributed by atoms with Crippen LogP contribution in [-0.2, 0) is 9.53 Å². The summed E-state index contributed by atoms with van der Waals surface area (Å²) in [4.78, 5) is 10.6. The molecule has 0 spiro atoms. The summed E-state index contributed by atoms with van der Waals surface area (Å²) in [7, 11) is 0. The molecule has 2 nitrogen and oxygen atoms in total. The van der Waals surface area contributed by atoms with Gasteiger partial charge in [-0.15, -0.1) is 0 Å². The van der Waals surface area contributed by atoms with E-state index in [9.17, 15) is 4.79 Å². The van der Waals surface area contributed by atoms with E-state index >= 15 is 0 Å². The van der Waals surface area contributed by atoms with E-state index in [-0.39, 0.29) is 5.97 Å². The highest BCUT2D eigenvalue weighted by Crippen LogP contribution is 2.17. The fourth-order valence-corrected chi connectivity index (χ4v) is 3.10. The third kappa shape index (κ3) is 19.4. The van der Waals surface area contributed by atoms with Crippen molar-refractivity contribution in [3.63, 3.8) is 0 Å². The molecule has 0 heterocycles. The van der Waals surface area contributed by atoms with Crippen LogP contribution in [-0.4, -0.2) is 12.6 Å². The van der Waals surface area contributed by atoms with Crippen LogP contribution in [0.15, 0.2) is 0 Å². The Labute approximate surface area is 145 Å². The van der Waals surface area contributed by atoms with Crippen LogP contribution >= 0.6 is 0 Å². The quantitative estimate of drug-likeness (QED) is 0.211. The van der Waals surface area contributed by atoms with Crippen molar-refractivity contribution >= 4 is 5.97 Å². The number of esters is 1. The van der Waals surface area contributed by atoms with Crippen molar-refractivity contribution in [2.24, 2.45) is 5.92 Å². The third-order valence-corrected chi connectivity index (χ3v) is 4.70. The van der Waals surface area contributed by atoms with Crippen molar-refractivity contribution in [2.75, 3.05) is 6.61 Å². The fraction of sp³-hybridized carbons (Fsp3) is 0.952. The monoisotopic (exact) mass is 326 g/mol. The molecule has 0 N–H and O–H groups in total. The molecule has 0 saturated heterocycles. The average Bonchev–Trinajstić information content (AvgIpc) is 2.52. The summed E-state index contributed by atoms with van der Waals surface area (Å²) in [6, 6.07) is 0. The van der Waals surface area contributed by atoms with Crippen molar-refractivity contribution < 1.29 is 9.53 Å². The van der Waals surface area contributed by atoms with Crippen molar-refractivity contribution in [3.05, 3.63) is 0 Å². The van der Waals surface area contributed by atoms with Gasteiger partial charge in [0, 0.05) is 6.92 Å². The van der Waals surface area contributed by atoms with Crippen LogP contribution < -0.4 is 0 Å². The van der Waals surface area contributed by atoms with Gasteiger partial charge in [0.1, 0.15) is 0 Å². The maximum absolute atomic E-state index is 10.6. The van der Waals surface area contributed by atoms with Crippen LogP contribution in [0.2, 0.25) is 0 Å². The lowest BCUT2D eigenvalue weighted by atomic mass is 9.97. The summed E-state index contributed by atoms with van der Waals surface area (Å²) < 4.78 is 4.93. The first-order valence-electron chi connectivity index (χ1n) is 10.3. The number of hydrogen-bond acceptors (Lipinski definition) is 2. The van der Waals surface area contributed by atoms with Gasteiger partial charge in [-0.2, -0.15) is 0 Å². The Morgan fingerprint density at radius 1 is 0.739 bits per heavy atom. The highest BCUT2D eigenvalue weighted by Gasteiger charge is 2.01. The van der Waals surface area contributed by atoms with Crippen LogP contribution in [0.1, 0.15) is 117 Å². The summed E-state index contributed by atoms with van der Waals surface area (Å²) in [6.45, 7) is 6.79. The normalized spacial score (nSPS) is 12.3. The Kier molecular flexibility index (Phi) is 17.4. The molecule has 0 aromatic rings. The number of hydrogen-bond donors (Lipinski definition) is 0. The minimum Gasteiger partial charge on any atom is -0.466 e. The first-order valence-corrected chi connectivity index (χ1v) is 10.3. The summed E-state index contributed by atoms with van der Waals surface area (Å²) in [5.41, 5.74) is 0. The van der Waals surface area contributed by atoms with Gasteiger partial charge in [0.2, 0.25) is 0 Å². The van der Waals surface area contributed by atoms with Crippen LogP contribution in [0.25, 0.3) is 0 Å². The first-order chi connectivity index (χ1) is 11.2. The molecule has 0 radical (unpaired) electrons. The second kappa shape index (κ2) is 17.8. The first kappa shape index (κ1) is 22.5. The summed E-state index contributed by atoms with van der Waals surface area (Å²) in [5.74, 6) is 0.788. The molecule has 0 fully saturated rings. The molecule has 1 unspecified atom stereocenters. The van der Waals surface area contributed by atoms with E-state index in [2.05, 4.69) is 13.8 Å². The van der Waals surface area contributed by atoms with Crippen molar-refractivity contribution in [3.8, 4) is 0 Å². The molecule has 0 aromatic carbocycles. The minimum atomic E-state index is -0.152. The van der Waals surface area contributed by atoms with Gasteiger partial charge in [-0.3, -0.25) is 4.79 Å². The highest BCUT2D eigenvalue weighted by atomic mass is 16.5. The maximum atomic E-state index is 10.6. The largest absolute Gasteiger partial charge is 0.466 e. The minimum absolute atomic E-state index is 0.152. The molecular weight excluding hydrogens is 284 g/mol. The lowest BCUT2D eigenvalue weighted by Gasteiger charge is -2.10. The maximum Gasteiger partial charge on any atom is 0.302 e. The molecule has 1 atom stereocenters. The van der Waals surface area contributed by atoms with E-state index in [0.29, 0.717) is 6.61 Å². The molecule has 0 aliphatic carbocycles. The van der Waals surface area contributed by atoms with E-state index in [4.69, 9.17) is 4.74 Å². The molecular formula is C21H42O2. The van der Waals surface area contributed by atoms with Gasteiger partial charge in [0.25, 0.3) is 0 Å². The Morgan fingerprint density at radius 2 is 1.17 bits per heavy atom. The summed E-state index contributed by atoms with van der Waals surface area (Å²) in [6.07, 6.45) is 20.4. The average molecular weight is 327 g/mol. The summed E-state index contributed by atoms with van der Waals surface area (Å²) >= 11 is 0. The molecule has 2 heteroatoms. The smallest absolute Gasteiger partial charge is 0.302 e. The van der Waals surface area contributed by atoms with E-state index in [0.717, 1.165) is 12.3 Å². The van der Waals surface area contributed by atoms with Crippen LogP contribution in [0.5, 0.6) is 0 Å². The molecule has 0 aromatic heterocycles. The van der Waals surface area contributed by atoms with E-state index in [1.165, 1.54) is 96.8 Å². The molecule has 23 heavy (non-hydrogen) atoms. The molecule has 0 aliphatic heterocycles. The number of rotatable bonds is 17. The lowest BCUT2D eigenvalue weighted by molar-refractivity contribution is -0.141. The molecule has 0 rings (SSSR count). The van der Waals surface area contributed by atoms with Gasteiger partial charge in [-0.25, -0.2) is 0 Å². The van der Waals surface area contributed by atoms with Gasteiger partial charge >= 0.3 is 5.97 Å². The van der Waals surface area contributed by atoms with E-state index in [1.54, 1.807) is 0 Å². The Morgan fingerprint density at radius 3 is 1.65 bits per heavy atom. The second-order valence-electron chi connectivity index (χ2n) is 7.27. The Hall–Kier alpha value is -0.530. The van der Waals surface area contributed by atoms with Gasteiger partial charge < -0.3 is 4.74 Å². The molecule has 0 aliphatic rings. The predicted octanol–water partition coefficient (Wildman–Crippen LogP) is 7.06. The highest BCUT2D eigenvalue weighted by molar-refractivity contribution is 5.65. The zero-order valence-electron chi connectivity index (χ0n) is 16.2. The summed E-state index contributed by atoms with van der Waals surface area (Å²) in [5, 5.41) is 0. The standard InChI is InChI=1S/C21H42O2/c1-4-5-17-20(2)18-15-13-11-9-7-6-8-10-12-14-16-19-23-21(3)22/h20H,4-19H2,1-3H3. The van der Waals surface area contributed by atoms with E-state index in [1.807, 2.05) is 0 Å².